The predicted molar refractivity (Wildman–Crippen MR) is 82.7 cm³/mol. The summed E-state index contributed by atoms with van der Waals surface area (Å²) in [5.74, 6) is 0.530. The number of methoxy groups -OCH3 is 1. The van der Waals surface area contributed by atoms with Gasteiger partial charge in [0.25, 0.3) is 0 Å². The number of aryl methyl sites for hydroxylation is 1. The maximum atomic E-state index is 11.6. The molecule has 0 spiro atoms. The van der Waals surface area contributed by atoms with E-state index in [0.29, 0.717) is 34.5 Å². The van der Waals surface area contributed by atoms with Crippen LogP contribution in [0, 0.1) is 18.3 Å². The van der Waals surface area contributed by atoms with Gasteiger partial charge in [-0.15, -0.1) is 0 Å². The van der Waals surface area contributed by atoms with Crippen LogP contribution >= 0.6 is 11.8 Å². The Morgan fingerprint density at radius 2 is 2.26 bits per heavy atom. The molecular weight excluding hydrogens is 318 g/mol. The van der Waals surface area contributed by atoms with Crippen molar-refractivity contribution in [2.24, 2.45) is 0 Å². The van der Waals surface area contributed by atoms with Gasteiger partial charge < -0.3 is 13.9 Å². The van der Waals surface area contributed by atoms with Gasteiger partial charge in [-0.05, 0) is 19.1 Å². The number of esters is 1. The molecule has 0 aliphatic heterocycles. The van der Waals surface area contributed by atoms with E-state index in [1.165, 1.54) is 13.4 Å². The number of ether oxygens (including phenoxy) is 2. The SMILES string of the molecule is COCCOC(=O)CSc1nc(-c2ccco2)nc(C)c1C#N. The average Bonchev–Trinajstić information content (AvgIpc) is 3.07. The smallest absolute Gasteiger partial charge is 0.316 e. The van der Waals surface area contributed by atoms with Crippen molar-refractivity contribution < 1.29 is 18.7 Å². The number of thioether (sulfide) groups is 1. The summed E-state index contributed by atoms with van der Waals surface area (Å²) in [7, 11) is 1.53. The Morgan fingerprint density at radius 3 is 2.91 bits per heavy atom. The van der Waals surface area contributed by atoms with Crippen molar-refractivity contribution in [3.63, 3.8) is 0 Å². The molecule has 0 atom stereocenters. The quantitative estimate of drug-likeness (QED) is 0.329. The summed E-state index contributed by atoms with van der Waals surface area (Å²) < 4.78 is 15.1. The first-order valence-electron chi connectivity index (χ1n) is 6.75. The third kappa shape index (κ3) is 4.55. The number of carbonyl (C=O) groups is 1. The number of hydrogen-bond donors (Lipinski definition) is 0. The normalized spacial score (nSPS) is 10.3. The maximum absolute atomic E-state index is 11.6. The minimum atomic E-state index is -0.397. The molecule has 0 aliphatic rings. The molecule has 0 aliphatic carbocycles. The molecule has 120 valence electrons. The van der Waals surface area contributed by atoms with Gasteiger partial charge in [-0.3, -0.25) is 4.79 Å². The first-order valence-corrected chi connectivity index (χ1v) is 7.74. The molecule has 0 aromatic carbocycles. The highest BCUT2D eigenvalue weighted by molar-refractivity contribution is 7.99. The Labute approximate surface area is 137 Å². The fourth-order valence-corrected chi connectivity index (χ4v) is 2.53. The van der Waals surface area contributed by atoms with Gasteiger partial charge in [-0.25, -0.2) is 9.97 Å². The minimum Gasteiger partial charge on any atom is -0.463 e. The van der Waals surface area contributed by atoms with E-state index in [0.717, 1.165) is 11.8 Å². The average molecular weight is 333 g/mol. The van der Waals surface area contributed by atoms with Crippen molar-refractivity contribution in [1.82, 2.24) is 9.97 Å². The summed E-state index contributed by atoms with van der Waals surface area (Å²) in [5, 5.41) is 9.69. The van der Waals surface area contributed by atoms with Crippen LogP contribution in [-0.4, -0.2) is 42.0 Å². The zero-order valence-electron chi connectivity index (χ0n) is 12.7. The summed E-state index contributed by atoms with van der Waals surface area (Å²) in [4.78, 5) is 20.2. The third-order valence-electron chi connectivity index (χ3n) is 2.79. The van der Waals surface area contributed by atoms with Crippen LogP contribution in [0.25, 0.3) is 11.6 Å². The molecule has 0 saturated carbocycles. The molecule has 2 aromatic heterocycles. The Hall–Kier alpha value is -2.37. The molecule has 0 amide bonds. The molecule has 2 rings (SSSR count). The van der Waals surface area contributed by atoms with Crippen molar-refractivity contribution in [3.8, 4) is 17.7 Å². The van der Waals surface area contributed by atoms with Crippen molar-refractivity contribution in [1.29, 1.82) is 5.26 Å². The molecular formula is C15H15N3O4S. The zero-order valence-corrected chi connectivity index (χ0v) is 13.6. The molecule has 8 heteroatoms. The monoisotopic (exact) mass is 333 g/mol. The van der Waals surface area contributed by atoms with Crippen LogP contribution in [0.3, 0.4) is 0 Å². The van der Waals surface area contributed by atoms with Gasteiger partial charge in [0.05, 0.1) is 24.3 Å². The minimum absolute atomic E-state index is 0.0481. The summed E-state index contributed by atoms with van der Waals surface area (Å²) in [6.45, 7) is 2.25. The second-order valence-corrected chi connectivity index (χ2v) is 5.37. The molecule has 0 radical (unpaired) electrons. The van der Waals surface area contributed by atoms with Crippen LogP contribution in [0.2, 0.25) is 0 Å². The number of furan rings is 1. The summed E-state index contributed by atoms with van der Waals surface area (Å²) in [6, 6.07) is 5.52. The van der Waals surface area contributed by atoms with E-state index in [9.17, 15) is 10.1 Å². The highest BCUT2D eigenvalue weighted by atomic mass is 32.2. The van der Waals surface area contributed by atoms with E-state index in [4.69, 9.17) is 13.9 Å². The molecule has 2 heterocycles. The van der Waals surface area contributed by atoms with Gasteiger partial charge >= 0.3 is 5.97 Å². The molecule has 2 aromatic rings. The van der Waals surface area contributed by atoms with Crippen molar-refractivity contribution in [2.45, 2.75) is 11.9 Å². The second-order valence-electron chi connectivity index (χ2n) is 4.40. The number of nitrogens with zero attached hydrogens (tertiary/aromatic N) is 3. The lowest BCUT2D eigenvalue weighted by molar-refractivity contribution is -0.141. The molecule has 7 nitrogen and oxygen atoms in total. The number of hydrogen-bond acceptors (Lipinski definition) is 8. The van der Waals surface area contributed by atoms with E-state index in [1.807, 2.05) is 0 Å². The Bertz CT molecular complexity index is 710. The third-order valence-corrected chi connectivity index (χ3v) is 3.74. The Morgan fingerprint density at radius 1 is 1.43 bits per heavy atom. The van der Waals surface area contributed by atoms with E-state index in [2.05, 4.69) is 16.0 Å². The number of rotatable bonds is 7. The van der Waals surface area contributed by atoms with Gasteiger partial charge in [0.1, 0.15) is 23.3 Å². The Balaban J connectivity index is 2.13. The fraction of sp³-hybridized carbons (Fsp3) is 0.333. The van der Waals surface area contributed by atoms with E-state index in [-0.39, 0.29) is 12.4 Å². The zero-order chi connectivity index (χ0) is 16.7. The van der Waals surface area contributed by atoms with E-state index < -0.39 is 5.97 Å². The standard InChI is InChI=1S/C15H15N3O4S/c1-10-11(8-16)15(23-9-13(19)22-7-6-20-2)18-14(17-10)12-4-3-5-21-12/h3-5H,6-7,9H2,1-2H3. The van der Waals surface area contributed by atoms with Crippen LogP contribution in [0.4, 0.5) is 0 Å². The molecule has 0 fully saturated rings. The number of aromatic nitrogens is 2. The summed E-state index contributed by atoms with van der Waals surface area (Å²) >= 11 is 1.13. The summed E-state index contributed by atoms with van der Waals surface area (Å²) in [6.07, 6.45) is 1.52. The molecule has 0 unspecified atom stereocenters. The van der Waals surface area contributed by atoms with Gasteiger partial charge in [0, 0.05) is 7.11 Å². The number of nitriles is 1. The van der Waals surface area contributed by atoms with Crippen LogP contribution < -0.4 is 0 Å². The van der Waals surface area contributed by atoms with E-state index >= 15 is 0 Å². The lowest BCUT2D eigenvalue weighted by atomic mass is 10.2. The molecule has 23 heavy (non-hydrogen) atoms. The first-order chi connectivity index (χ1) is 11.2. The van der Waals surface area contributed by atoms with E-state index in [1.54, 1.807) is 19.1 Å². The topological polar surface area (TPSA) is 98.2 Å². The van der Waals surface area contributed by atoms with Crippen LogP contribution in [0.1, 0.15) is 11.3 Å². The summed E-state index contributed by atoms with van der Waals surface area (Å²) in [5.41, 5.74) is 0.874. The second kappa shape index (κ2) is 8.31. The largest absolute Gasteiger partial charge is 0.463 e. The Kier molecular flexibility index (Phi) is 6.14. The van der Waals surface area contributed by atoms with Crippen LogP contribution in [-0.2, 0) is 14.3 Å². The van der Waals surface area contributed by atoms with Gasteiger partial charge in [0.15, 0.2) is 11.6 Å². The lowest BCUT2D eigenvalue weighted by Crippen LogP contribution is -2.12. The van der Waals surface area contributed by atoms with Crippen molar-refractivity contribution >= 4 is 17.7 Å². The maximum Gasteiger partial charge on any atom is 0.316 e. The van der Waals surface area contributed by atoms with Gasteiger partial charge in [-0.1, -0.05) is 11.8 Å². The number of carbonyl (C=O) groups excluding carboxylic acids is 1. The highest BCUT2D eigenvalue weighted by Gasteiger charge is 2.16. The van der Waals surface area contributed by atoms with Crippen LogP contribution in [0.5, 0.6) is 0 Å². The van der Waals surface area contributed by atoms with Gasteiger partial charge in [-0.2, -0.15) is 5.26 Å². The van der Waals surface area contributed by atoms with Crippen molar-refractivity contribution in [2.75, 3.05) is 26.1 Å². The molecule has 0 bridgehead atoms. The highest BCUT2D eigenvalue weighted by Crippen LogP contribution is 2.26. The molecule has 0 saturated heterocycles. The van der Waals surface area contributed by atoms with Gasteiger partial charge in [0.2, 0.25) is 0 Å². The first kappa shape index (κ1) is 17.0. The fourth-order valence-electron chi connectivity index (χ4n) is 1.70. The van der Waals surface area contributed by atoms with Crippen molar-refractivity contribution in [3.05, 3.63) is 29.7 Å². The lowest BCUT2D eigenvalue weighted by Gasteiger charge is -2.07. The molecule has 0 N–H and O–H groups in total. The predicted octanol–water partition coefficient (Wildman–Crippen LogP) is 2.20. The van der Waals surface area contributed by atoms with Crippen LogP contribution in [0.15, 0.2) is 27.8 Å².